The lowest BCUT2D eigenvalue weighted by Gasteiger charge is -2.05. The number of pyridine rings is 1. The number of primary amides is 1. The number of benzene rings is 1. The van der Waals surface area contributed by atoms with Crippen molar-refractivity contribution in [3.8, 4) is 0 Å². The van der Waals surface area contributed by atoms with Crippen LogP contribution in [0.3, 0.4) is 0 Å². The molecular formula is C11H8F2N2O. The molecule has 0 fully saturated rings. The van der Waals surface area contributed by atoms with E-state index in [4.69, 9.17) is 5.73 Å². The maximum absolute atomic E-state index is 13.5. The highest BCUT2D eigenvalue weighted by atomic mass is 19.1. The first-order chi connectivity index (χ1) is 7.58. The molecule has 0 unspecified atom stereocenters. The number of nitrogens with zero attached hydrogens (tertiary/aromatic N) is 1. The fourth-order valence-corrected chi connectivity index (χ4v) is 1.60. The van der Waals surface area contributed by atoms with Gasteiger partial charge in [-0.2, -0.15) is 0 Å². The molecule has 0 bridgehead atoms. The lowest BCUT2D eigenvalue weighted by Crippen LogP contribution is -2.15. The van der Waals surface area contributed by atoms with Crippen LogP contribution in [0, 0.1) is 11.6 Å². The van der Waals surface area contributed by atoms with Crippen LogP contribution < -0.4 is 5.73 Å². The summed E-state index contributed by atoms with van der Waals surface area (Å²) in [5.41, 5.74) is 5.24. The van der Waals surface area contributed by atoms with E-state index in [9.17, 15) is 13.6 Å². The number of amides is 1. The summed E-state index contributed by atoms with van der Waals surface area (Å²) >= 11 is 0. The Hall–Kier alpha value is -2.04. The Balaban J connectivity index is 2.71. The highest BCUT2D eigenvalue weighted by Gasteiger charge is 2.11. The van der Waals surface area contributed by atoms with E-state index >= 15 is 0 Å². The van der Waals surface area contributed by atoms with Crippen LogP contribution in [0.1, 0.15) is 5.69 Å². The number of hydrogen-bond donors (Lipinski definition) is 1. The average molecular weight is 222 g/mol. The monoisotopic (exact) mass is 222 g/mol. The van der Waals surface area contributed by atoms with Gasteiger partial charge in [0.1, 0.15) is 11.6 Å². The van der Waals surface area contributed by atoms with Gasteiger partial charge < -0.3 is 5.73 Å². The molecule has 1 aromatic heterocycles. The Morgan fingerprint density at radius 2 is 2.12 bits per heavy atom. The fourth-order valence-electron chi connectivity index (χ4n) is 1.60. The minimum atomic E-state index is -0.737. The molecule has 0 aliphatic rings. The summed E-state index contributed by atoms with van der Waals surface area (Å²) in [5, 5.41) is 0.506. The molecule has 2 rings (SSSR count). The molecule has 0 spiro atoms. The normalized spacial score (nSPS) is 10.6. The predicted octanol–water partition coefficient (Wildman–Crippen LogP) is 1.54. The van der Waals surface area contributed by atoms with Crippen molar-refractivity contribution in [3.05, 3.63) is 41.7 Å². The van der Waals surface area contributed by atoms with Crippen molar-refractivity contribution in [2.24, 2.45) is 5.73 Å². The molecule has 0 radical (unpaired) electrons. The number of nitrogens with two attached hydrogens (primary N) is 1. The van der Waals surface area contributed by atoms with Gasteiger partial charge in [0.15, 0.2) is 0 Å². The third kappa shape index (κ3) is 1.84. The molecule has 0 saturated carbocycles. The Morgan fingerprint density at radius 3 is 2.81 bits per heavy atom. The predicted molar refractivity (Wildman–Crippen MR) is 54.6 cm³/mol. The molecule has 2 aromatic rings. The molecular weight excluding hydrogens is 214 g/mol. The maximum Gasteiger partial charge on any atom is 0.223 e. The number of fused-ring (bicyclic) bond motifs is 1. The summed E-state index contributed by atoms with van der Waals surface area (Å²) in [6, 6.07) is 3.42. The van der Waals surface area contributed by atoms with Crippen LogP contribution in [0.5, 0.6) is 0 Å². The summed E-state index contributed by atoms with van der Waals surface area (Å²) in [4.78, 5) is 14.7. The van der Waals surface area contributed by atoms with Gasteiger partial charge in [-0.15, -0.1) is 0 Å². The fraction of sp³-hybridized carbons (Fsp3) is 0.0909. The molecule has 5 heteroatoms. The van der Waals surface area contributed by atoms with Gasteiger partial charge in [-0.3, -0.25) is 9.78 Å². The molecule has 0 aliphatic carbocycles. The van der Waals surface area contributed by atoms with Crippen LogP contribution in [0.15, 0.2) is 24.4 Å². The van der Waals surface area contributed by atoms with E-state index in [1.807, 2.05) is 0 Å². The van der Waals surface area contributed by atoms with Crippen LogP contribution in [-0.4, -0.2) is 10.9 Å². The second kappa shape index (κ2) is 3.84. The van der Waals surface area contributed by atoms with E-state index in [0.29, 0.717) is 5.39 Å². The lowest BCUT2D eigenvalue weighted by atomic mass is 10.1. The van der Waals surface area contributed by atoms with Gasteiger partial charge in [0.2, 0.25) is 5.91 Å². The van der Waals surface area contributed by atoms with Crippen molar-refractivity contribution in [2.75, 3.05) is 0 Å². The number of halogens is 2. The smallest absolute Gasteiger partial charge is 0.223 e. The van der Waals surface area contributed by atoms with Crippen molar-refractivity contribution in [3.63, 3.8) is 0 Å². The largest absolute Gasteiger partial charge is 0.369 e. The number of carbonyl (C=O) groups excluding carboxylic acids is 1. The van der Waals surface area contributed by atoms with Gasteiger partial charge in [0.05, 0.1) is 12.1 Å². The molecule has 2 N–H and O–H groups in total. The zero-order valence-corrected chi connectivity index (χ0v) is 8.21. The quantitative estimate of drug-likeness (QED) is 0.837. The van der Waals surface area contributed by atoms with E-state index in [-0.39, 0.29) is 17.5 Å². The van der Waals surface area contributed by atoms with Gasteiger partial charge in [-0.1, -0.05) is 0 Å². The van der Waals surface area contributed by atoms with Gasteiger partial charge in [-0.25, -0.2) is 8.78 Å². The molecule has 82 valence electrons. The highest BCUT2D eigenvalue weighted by molar-refractivity contribution is 5.88. The van der Waals surface area contributed by atoms with Gasteiger partial charge in [0, 0.05) is 17.6 Å². The minimum absolute atomic E-state index is 0.141. The third-order valence-electron chi connectivity index (χ3n) is 2.20. The molecule has 1 aromatic carbocycles. The summed E-state index contributed by atoms with van der Waals surface area (Å²) in [6.07, 6.45) is 1.22. The Kier molecular flexibility index (Phi) is 2.52. The highest BCUT2D eigenvalue weighted by Crippen LogP contribution is 2.22. The van der Waals surface area contributed by atoms with Crippen molar-refractivity contribution >= 4 is 16.7 Å². The molecule has 16 heavy (non-hydrogen) atoms. The Labute approximate surface area is 89.9 Å². The number of rotatable bonds is 2. The second-order valence-corrected chi connectivity index (χ2v) is 3.39. The van der Waals surface area contributed by atoms with E-state index in [1.165, 1.54) is 18.3 Å². The summed E-state index contributed by atoms with van der Waals surface area (Å²) in [6.45, 7) is 0. The van der Waals surface area contributed by atoms with E-state index in [1.54, 1.807) is 0 Å². The lowest BCUT2D eigenvalue weighted by molar-refractivity contribution is -0.117. The van der Waals surface area contributed by atoms with E-state index in [0.717, 1.165) is 6.07 Å². The Morgan fingerprint density at radius 1 is 1.38 bits per heavy atom. The van der Waals surface area contributed by atoms with E-state index in [2.05, 4.69) is 4.98 Å². The summed E-state index contributed by atoms with van der Waals surface area (Å²) in [7, 11) is 0. The Bertz CT molecular complexity index is 569. The zero-order valence-electron chi connectivity index (χ0n) is 8.21. The molecule has 1 heterocycles. The molecule has 1 amide bonds. The first kappa shape index (κ1) is 10.5. The molecule has 0 atom stereocenters. The van der Waals surface area contributed by atoms with Crippen molar-refractivity contribution in [1.82, 2.24) is 4.98 Å². The number of carbonyl (C=O) groups is 1. The average Bonchev–Trinajstić information content (AvgIpc) is 2.15. The van der Waals surface area contributed by atoms with Crippen molar-refractivity contribution in [1.29, 1.82) is 0 Å². The van der Waals surface area contributed by atoms with Crippen molar-refractivity contribution < 1.29 is 13.6 Å². The van der Waals surface area contributed by atoms with Gasteiger partial charge in [-0.05, 0) is 17.5 Å². The van der Waals surface area contributed by atoms with E-state index < -0.39 is 17.5 Å². The number of hydrogen-bond acceptors (Lipinski definition) is 2. The minimum Gasteiger partial charge on any atom is -0.369 e. The van der Waals surface area contributed by atoms with Crippen LogP contribution in [0.2, 0.25) is 0 Å². The maximum atomic E-state index is 13.5. The van der Waals surface area contributed by atoms with Gasteiger partial charge in [0.25, 0.3) is 0 Å². The van der Waals surface area contributed by atoms with Crippen LogP contribution in [-0.2, 0) is 11.2 Å². The SMILES string of the molecule is NC(=O)Cc1nccc2cc(F)cc(F)c12. The molecule has 0 saturated heterocycles. The summed E-state index contributed by atoms with van der Waals surface area (Å²) < 4.78 is 26.5. The number of aromatic nitrogens is 1. The van der Waals surface area contributed by atoms with Crippen LogP contribution >= 0.6 is 0 Å². The first-order valence-corrected chi connectivity index (χ1v) is 4.59. The molecule has 3 nitrogen and oxygen atoms in total. The third-order valence-corrected chi connectivity index (χ3v) is 2.20. The van der Waals surface area contributed by atoms with Crippen molar-refractivity contribution in [2.45, 2.75) is 6.42 Å². The van der Waals surface area contributed by atoms with Crippen LogP contribution in [0.4, 0.5) is 8.78 Å². The van der Waals surface area contributed by atoms with Gasteiger partial charge >= 0.3 is 0 Å². The first-order valence-electron chi connectivity index (χ1n) is 4.59. The summed E-state index contributed by atoms with van der Waals surface area (Å²) in [5.74, 6) is -2.01. The van der Waals surface area contributed by atoms with Crippen LogP contribution in [0.25, 0.3) is 10.8 Å². The second-order valence-electron chi connectivity index (χ2n) is 3.39. The standard InChI is InChI=1S/C11H8F2N2O/c12-7-3-6-1-2-15-9(5-10(14)16)11(6)8(13)4-7/h1-4H,5H2,(H2,14,16). The topological polar surface area (TPSA) is 56.0 Å². The molecule has 0 aliphatic heterocycles. The zero-order chi connectivity index (χ0) is 11.7.